The van der Waals surface area contributed by atoms with Gasteiger partial charge in [0.1, 0.15) is 12.7 Å². The van der Waals surface area contributed by atoms with Gasteiger partial charge in [0.05, 0.1) is 6.10 Å². The van der Waals surface area contributed by atoms with Gasteiger partial charge in [0.25, 0.3) is 0 Å². The lowest BCUT2D eigenvalue weighted by atomic mass is 10.3. The second-order valence-corrected chi connectivity index (χ2v) is 4.10. The van der Waals surface area contributed by atoms with Gasteiger partial charge in [0, 0.05) is 0 Å². The van der Waals surface area contributed by atoms with Crippen LogP contribution in [0.25, 0.3) is 0 Å². The maximum absolute atomic E-state index is 10.5. The summed E-state index contributed by atoms with van der Waals surface area (Å²) in [7, 11) is 0. The Balaban J connectivity index is 0.000000315. The van der Waals surface area contributed by atoms with E-state index in [1.54, 1.807) is 20.8 Å². The highest BCUT2D eigenvalue weighted by molar-refractivity contribution is 6.19. The molecule has 0 aliphatic carbocycles. The predicted octanol–water partition coefficient (Wildman–Crippen LogP) is 2.86. The lowest BCUT2D eigenvalue weighted by Gasteiger charge is -2.22. The van der Waals surface area contributed by atoms with E-state index in [-0.39, 0.29) is 6.10 Å². The van der Waals surface area contributed by atoms with E-state index in [0.717, 1.165) is 13.0 Å². The number of hydrogen-bond donors (Lipinski definition) is 0. The van der Waals surface area contributed by atoms with Gasteiger partial charge >= 0.3 is 6.16 Å². The van der Waals surface area contributed by atoms with Crippen LogP contribution in [-0.4, -0.2) is 30.5 Å². The molecule has 1 rings (SSSR count). The Labute approximate surface area is 101 Å². The highest BCUT2D eigenvalue weighted by atomic mass is 35.5. The molecule has 96 valence electrons. The van der Waals surface area contributed by atoms with Crippen molar-refractivity contribution >= 4 is 17.8 Å². The van der Waals surface area contributed by atoms with Crippen molar-refractivity contribution in [2.75, 3.05) is 6.61 Å². The zero-order chi connectivity index (χ0) is 12.6. The Bertz CT molecular complexity index is 177. The van der Waals surface area contributed by atoms with E-state index < -0.39 is 11.7 Å². The molecule has 0 aromatic rings. The molecule has 0 radical (unpaired) electrons. The first kappa shape index (κ1) is 15.5. The van der Waals surface area contributed by atoms with E-state index in [4.69, 9.17) is 11.6 Å². The topological polar surface area (TPSA) is 54.0 Å². The maximum Gasteiger partial charge on any atom is 0.510 e. The van der Waals surface area contributed by atoms with Gasteiger partial charge in [-0.3, -0.25) is 0 Å². The molecule has 1 saturated heterocycles. The Hall–Kier alpha value is -0.520. The molecular weight excluding hydrogens is 236 g/mol. The van der Waals surface area contributed by atoms with Crippen molar-refractivity contribution < 1.29 is 24.0 Å². The van der Waals surface area contributed by atoms with E-state index in [0.29, 0.717) is 6.10 Å². The third-order valence-electron chi connectivity index (χ3n) is 1.50. The van der Waals surface area contributed by atoms with Gasteiger partial charge in [-0.15, -0.1) is 0 Å². The van der Waals surface area contributed by atoms with Crippen LogP contribution in [0.4, 0.5) is 4.79 Å². The molecule has 1 aliphatic heterocycles. The first-order valence-electron chi connectivity index (χ1n) is 5.25. The summed E-state index contributed by atoms with van der Waals surface area (Å²) in [5.74, 6) is 0. The van der Waals surface area contributed by atoms with Crippen molar-refractivity contribution in [3.63, 3.8) is 0 Å². The van der Waals surface area contributed by atoms with Crippen LogP contribution >= 0.6 is 11.6 Å². The SMILES string of the molecule is CC(C)OC(=O)OC(C)Cl.CCC1COO1. The second kappa shape index (κ2) is 8.61. The molecule has 1 fully saturated rings. The van der Waals surface area contributed by atoms with E-state index in [1.807, 2.05) is 0 Å². The number of carbonyl (C=O) groups is 1. The fraction of sp³-hybridized carbons (Fsp3) is 0.900. The van der Waals surface area contributed by atoms with Crippen LogP contribution in [0.5, 0.6) is 0 Å². The Morgan fingerprint density at radius 3 is 2.19 bits per heavy atom. The Kier molecular flexibility index (Phi) is 8.33. The van der Waals surface area contributed by atoms with Crippen molar-refractivity contribution in [2.24, 2.45) is 0 Å². The number of alkyl halides is 1. The molecule has 6 heteroatoms. The fourth-order valence-electron chi connectivity index (χ4n) is 0.703. The lowest BCUT2D eigenvalue weighted by Crippen LogP contribution is -2.29. The van der Waals surface area contributed by atoms with Crippen LogP contribution < -0.4 is 0 Å². The lowest BCUT2D eigenvalue weighted by molar-refractivity contribution is -0.424. The van der Waals surface area contributed by atoms with Gasteiger partial charge in [-0.2, -0.15) is 0 Å². The zero-order valence-electron chi connectivity index (χ0n) is 10.1. The number of halogens is 1. The summed E-state index contributed by atoms with van der Waals surface area (Å²) in [5, 5.41) is 0. The molecular formula is C10H19ClO5. The molecule has 16 heavy (non-hydrogen) atoms. The molecule has 0 N–H and O–H groups in total. The van der Waals surface area contributed by atoms with Gasteiger partial charge in [0.2, 0.25) is 0 Å². The van der Waals surface area contributed by atoms with E-state index in [1.165, 1.54) is 0 Å². The summed E-state index contributed by atoms with van der Waals surface area (Å²) in [4.78, 5) is 19.5. The van der Waals surface area contributed by atoms with Gasteiger partial charge in [-0.05, 0) is 27.2 Å². The highest BCUT2D eigenvalue weighted by Gasteiger charge is 2.16. The maximum atomic E-state index is 10.5. The molecule has 1 heterocycles. The third-order valence-corrected chi connectivity index (χ3v) is 1.59. The van der Waals surface area contributed by atoms with E-state index in [9.17, 15) is 4.79 Å². The number of ether oxygens (including phenoxy) is 2. The summed E-state index contributed by atoms with van der Waals surface area (Å²) in [6.07, 6.45) is 0.574. The first-order chi connectivity index (χ1) is 7.45. The van der Waals surface area contributed by atoms with Crippen molar-refractivity contribution in [2.45, 2.75) is 51.9 Å². The first-order valence-corrected chi connectivity index (χ1v) is 5.69. The van der Waals surface area contributed by atoms with Crippen molar-refractivity contribution in [3.05, 3.63) is 0 Å². The quantitative estimate of drug-likeness (QED) is 0.440. The fourth-order valence-corrected chi connectivity index (χ4v) is 0.776. The standard InChI is InChI=1S/C6H11ClO3.C4H8O2/c1-4(2)9-6(8)10-5(3)7;1-2-4-3-5-6-4/h4-5H,1-3H3;4H,2-3H2,1H3. The van der Waals surface area contributed by atoms with Gasteiger partial charge in [-0.1, -0.05) is 18.5 Å². The molecule has 0 spiro atoms. The van der Waals surface area contributed by atoms with Gasteiger partial charge in [0.15, 0.2) is 5.56 Å². The zero-order valence-corrected chi connectivity index (χ0v) is 10.8. The minimum atomic E-state index is -0.725. The normalized spacial score (nSPS) is 20.2. The molecule has 0 aromatic heterocycles. The van der Waals surface area contributed by atoms with Crippen molar-refractivity contribution in [3.8, 4) is 0 Å². The predicted molar refractivity (Wildman–Crippen MR) is 59.1 cm³/mol. The van der Waals surface area contributed by atoms with E-state index >= 15 is 0 Å². The molecule has 0 saturated carbocycles. The highest BCUT2D eigenvalue weighted by Crippen LogP contribution is 2.08. The van der Waals surface area contributed by atoms with Crippen LogP contribution in [0.1, 0.15) is 34.1 Å². The molecule has 1 aliphatic rings. The third kappa shape index (κ3) is 8.76. The minimum Gasteiger partial charge on any atom is -0.432 e. The molecule has 5 nitrogen and oxygen atoms in total. The minimum absolute atomic E-state index is 0.164. The van der Waals surface area contributed by atoms with Crippen LogP contribution in [0.3, 0.4) is 0 Å². The monoisotopic (exact) mass is 254 g/mol. The van der Waals surface area contributed by atoms with Crippen LogP contribution in [0.15, 0.2) is 0 Å². The molecule has 0 aromatic carbocycles. The summed E-state index contributed by atoms with van der Waals surface area (Å²) < 4.78 is 9.08. The number of hydrogen-bond acceptors (Lipinski definition) is 5. The van der Waals surface area contributed by atoms with Gasteiger partial charge < -0.3 is 9.47 Å². The summed E-state index contributed by atoms with van der Waals surface area (Å²) in [6, 6.07) is 0. The Morgan fingerprint density at radius 2 is 2.00 bits per heavy atom. The van der Waals surface area contributed by atoms with Crippen LogP contribution in [0.2, 0.25) is 0 Å². The van der Waals surface area contributed by atoms with Crippen LogP contribution in [0, 0.1) is 0 Å². The molecule has 0 bridgehead atoms. The Morgan fingerprint density at radius 1 is 1.44 bits per heavy atom. The van der Waals surface area contributed by atoms with Gasteiger partial charge in [-0.25, -0.2) is 14.6 Å². The summed E-state index contributed by atoms with van der Waals surface area (Å²) in [6.45, 7) is 7.88. The summed E-state index contributed by atoms with van der Waals surface area (Å²) in [5.41, 5.74) is -0.633. The average Bonchev–Trinajstić information content (AvgIpc) is 1.98. The largest absolute Gasteiger partial charge is 0.510 e. The van der Waals surface area contributed by atoms with E-state index in [2.05, 4.69) is 26.2 Å². The number of rotatable bonds is 3. The molecule has 2 atom stereocenters. The van der Waals surface area contributed by atoms with Crippen molar-refractivity contribution in [1.29, 1.82) is 0 Å². The molecule has 0 amide bonds. The summed E-state index contributed by atoms with van der Waals surface area (Å²) >= 11 is 5.33. The molecule has 2 unspecified atom stereocenters. The van der Waals surface area contributed by atoms with Crippen molar-refractivity contribution in [1.82, 2.24) is 0 Å². The van der Waals surface area contributed by atoms with Crippen LogP contribution in [-0.2, 0) is 19.2 Å². The average molecular weight is 255 g/mol. The second-order valence-electron chi connectivity index (χ2n) is 3.49. The smallest absolute Gasteiger partial charge is 0.432 e. The number of carbonyl (C=O) groups excluding carboxylic acids is 1.